The van der Waals surface area contributed by atoms with Gasteiger partial charge >= 0.3 is 0 Å². The normalized spacial score (nSPS) is 47.9. The van der Waals surface area contributed by atoms with E-state index in [4.69, 9.17) is 0 Å². The molecule has 0 N–H and O–H groups in total. The van der Waals surface area contributed by atoms with Gasteiger partial charge in [-0.3, -0.25) is 33.6 Å². The highest BCUT2D eigenvalue weighted by Crippen LogP contribution is 2.72. The maximum absolute atomic E-state index is 12.9. The summed E-state index contributed by atoms with van der Waals surface area (Å²) in [6.07, 6.45) is 31.3. The Morgan fingerprint density at radius 2 is 1.05 bits per heavy atom. The molecule has 73 heavy (non-hydrogen) atoms. The average Bonchev–Trinajstić information content (AvgIpc) is 3.98. The van der Waals surface area contributed by atoms with Gasteiger partial charge in [0, 0.05) is 42.9 Å². The van der Waals surface area contributed by atoms with Crippen molar-refractivity contribution >= 4 is 40.5 Å². The van der Waals surface area contributed by atoms with Gasteiger partial charge in [-0.2, -0.15) is 0 Å². The standard InChI is InChI=1S/C25H36O3.C21H30O2.C20H28O2/c1-15-12-19-20(23(4)9-6-18(28)13-22(15)23)7-10-24(5)21(19)8-11-25(24,17(3)27)14-16(2)26;1-13(22)17-6-7-18-16-5-4-14-12-15(23)8-10-20(14,2)19(16)9-11-21(17,18)3;1-12(21)18-7-8-19-17-5-3-13-11-14(22)4-6-15(13)16(17)9-10-20(18,19)2/h13,15,19-21H,6-12,14H2,1-5H3;12,16-19H,4-11H2,1-3H3;11,15-19H,3-10H2,1-2H3/t15-,19+,20-,21-,23+,24-,25-;16-,17+,18-,19-,20-,21+;15-,16+,17+,18+,19-,20+/m000/s1. The molecule has 0 bridgehead atoms. The minimum Gasteiger partial charge on any atom is -0.300 e. The lowest BCUT2D eigenvalue weighted by Crippen LogP contribution is -2.55. The number of hydrogen-bond donors (Lipinski definition) is 0. The van der Waals surface area contributed by atoms with Crippen molar-refractivity contribution in [2.75, 3.05) is 0 Å². The van der Waals surface area contributed by atoms with Crippen LogP contribution in [0, 0.1) is 109 Å². The molecule has 0 aromatic heterocycles. The molecule has 12 aliphatic carbocycles. The van der Waals surface area contributed by atoms with E-state index >= 15 is 0 Å². The van der Waals surface area contributed by atoms with Gasteiger partial charge in [-0.1, -0.05) is 58.3 Å². The van der Waals surface area contributed by atoms with E-state index in [1.165, 1.54) is 68.1 Å². The number of ketones is 7. The topological polar surface area (TPSA) is 119 Å². The van der Waals surface area contributed by atoms with Crippen LogP contribution in [0.2, 0.25) is 0 Å². The van der Waals surface area contributed by atoms with Gasteiger partial charge in [-0.15, -0.1) is 0 Å². The van der Waals surface area contributed by atoms with E-state index in [1.54, 1.807) is 27.7 Å². The third kappa shape index (κ3) is 8.38. The van der Waals surface area contributed by atoms with Crippen molar-refractivity contribution in [3.63, 3.8) is 0 Å². The largest absolute Gasteiger partial charge is 0.300 e. The summed E-state index contributed by atoms with van der Waals surface area (Å²) in [4.78, 5) is 85.0. The van der Waals surface area contributed by atoms with E-state index in [1.807, 2.05) is 18.2 Å². The minimum absolute atomic E-state index is 0.0620. The van der Waals surface area contributed by atoms with Crippen LogP contribution < -0.4 is 0 Å². The molecule has 7 heteroatoms. The molecule has 0 spiro atoms. The predicted molar refractivity (Wildman–Crippen MR) is 287 cm³/mol. The maximum atomic E-state index is 12.9. The zero-order valence-corrected chi connectivity index (χ0v) is 47.1. The Morgan fingerprint density at radius 3 is 1.70 bits per heavy atom. The summed E-state index contributed by atoms with van der Waals surface area (Å²) in [6.45, 7) is 21.3. The quantitative estimate of drug-likeness (QED) is 0.269. The SMILES string of the molecule is CC(=O)C[C@]1(C(C)=O)CC[C@H]2[C@@H]3C[C@H](C)C4=CC(=O)CC[C@]4(C)[C@H]3CC[C@@]21C.CC(=O)[C@H]1CC[C@H]2[C@@H]3CCC4=CC(=O)CC[C@@H]4[C@H]3CC[C@]12C.CC(=O)[C@H]1CC[C@H]2[C@@H]3CCC4=CC(=O)CC[C@]4(C)[C@H]3CC[C@]12C. The number of allylic oxidation sites excluding steroid dienone is 3. The Balaban J connectivity index is 0.000000127. The van der Waals surface area contributed by atoms with E-state index in [0.717, 1.165) is 125 Å². The van der Waals surface area contributed by atoms with E-state index in [-0.39, 0.29) is 38.6 Å². The Bertz CT molecular complexity index is 2420. The fourth-order valence-corrected chi connectivity index (χ4v) is 22.6. The molecule has 400 valence electrons. The zero-order valence-electron chi connectivity index (χ0n) is 47.1. The van der Waals surface area contributed by atoms with Crippen molar-refractivity contribution in [2.45, 2.75) is 223 Å². The summed E-state index contributed by atoms with van der Waals surface area (Å²) >= 11 is 0. The zero-order chi connectivity index (χ0) is 52.4. The van der Waals surface area contributed by atoms with Crippen molar-refractivity contribution in [2.24, 2.45) is 109 Å². The second-order valence-electron chi connectivity index (χ2n) is 28.9. The van der Waals surface area contributed by atoms with E-state index in [0.29, 0.717) is 83.2 Å². The summed E-state index contributed by atoms with van der Waals surface area (Å²) in [5.41, 5.74) is 4.68. The van der Waals surface area contributed by atoms with Gasteiger partial charge < -0.3 is 0 Å². The summed E-state index contributed by atoms with van der Waals surface area (Å²) in [7, 11) is 0. The van der Waals surface area contributed by atoms with Crippen LogP contribution in [0.4, 0.5) is 0 Å². The van der Waals surface area contributed by atoms with Crippen LogP contribution in [0.5, 0.6) is 0 Å². The van der Waals surface area contributed by atoms with Gasteiger partial charge in [-0.25, -0.2) is 0 Å². The predicted octanol–water partition coefficient (Wildman–Crippen LogP) is 14.4. The van der Waals surface area contributed by atoms with Crippen molar-refractivity contribution in [1.29, 1.82) is 0 Å². The maximum Gasteiger partial charge on any atom is 0.155 e. The summed E-state index contributed by atoms with van der Waals surface area (Å²) in [5.74, 6) is 10.3. The molecule has 0 aliphatic heterocycles. The summed E-state index contributed by atoms with van der Waals surface area (Å²) in [5, 5.41) is 0. The molecule has 0 radical (unpaired) electrons. The minimum atomic E-state index is -0.461. The first-order chi connectivity index (χ1) is 34.4. The van der Waals surface area contributed by atoms with Gasteiger partial charge in [0.05, 0.1) is 0 Å². The molecule has 19 atom stereocenters. The van der Waals surface area contributed by atoms with Crippen LogP contribution in [-0.4, -0.2) is 40.5 Å². The Hall–Kier alpha value is -3.09. The second-order valence-corrected chi connectivity index (χ2v) is 28.9. The van der Waals surface area contributed by atoms with Gasteiger partial charge in [0.25, 0.3) is 0 Å². The molecule has 0 aromatic rings. The first-order valence-corrected chi connectivity index (χ1v) is 30.2. The highest BCUT2D eigenvalue weighted by atomic mass is 16.1. The van der Waals surface area contributed by atoms with Crippen LogP contribution in [0.1, 0.15) is 223 Å². The molecule has 9 saturated carbocycles. The number of carbonyl (C=O) groups is 7. The van der Waals surface area contributed by atoms with Crippen LogP contribution in [0.15, 0.2) is 34.9 Å². The van der Waals surface area contributed by atoms with Crippen molar-refractivity contribution in [1.82, 2.24) is 0 Å². The summed E-state index contributed by atoms with van der Waals surface area (Å²) < 4.78 is 0. The number of rotatable bonds is 5. The monoisotopic (exact) mass is 999 g/mol. The lowest BCUT2D eigenvalue weighted by Gasteiger charge is -2.61. The first-order valence-electron chi connectivity index (χ1n) is 30.2. The molecule has 7 nitrogen and oxygen atoms in total. The van der Waals surface area contributed by atoms with Crippen LogP contribution in [-0.2, 0) is 33.6 Å². The van der Waals surface area contributed by atoms with Crippen molar-refractivity contribution in [3.05, 3.63) is 34.9 Å². The molecule has 0 saturated heterocycles. The molecule has 0 aromatic carbocycles. The molecule has 0 amide bonds. The number of carbonyl (C=O) groups excluding carboxylic acids is 7. The van der Waals surface area contributed by atoms with Crippen LogP contribution in [0.25, 0.3) is 0 Å². The third-order valence-electron chi connectivity index (χ3n) is 26.1. The average molecular weight is 999 g/mol. The molecule has 0 unspecified atom stereocenters. The second kappa shape index (κ2) is 19.1. The smallest absolute Gasteiger partial charge is 0.155 e. The Labute approximate surface area is 439 Å². The summed E-state index contributed by atoms with van der Waals surface area (Å²) in [6, 6.07) is 0. The Morgan fingerprint density at radius 1 is 0.493 bits per heavy atom. The highest BCUT2D eigenvalue weighted by Gasteiger charge is 2.67. The van der Waals surface area contributed by atoms with Gasteiger partial charge in [0.2, 0.25) is 0 Å². The van der Waals surface area contributed by atoms with Crippen molar-refractivity contribution in [3.8, 4) is 0 Å². The number of hydrogen-bond acceptors (Lipinski definition) is 7. The van der Waals surface area contributed by atoms with E-state index < -0.39 is 5.41 Å². The lowest BCUT2D eigenvalue weighted by molar-refractivity contribution is -0.147. The molecule has 12 aliphatic rings. The molecule has 0 heterocycles. The van der Waals surface area contributed by atoms with Crippen molar-refractivity contribution < 1.29 is 33.6 Å². The van der Waals surface area contributed by atoms with Gasteiger partial charge in [-0.05, 0) is 267 Å². The van der Waals surface area contributed by atoms with Crippen LogP contribution in [0.3, 0.4) is 0 Å². The third-order valence-corrected chi connectivity index (χ3v) is 26.1. The molecule has 12 rings (SSSR count). The lowest BCUT2D eigenvalue weighted by atomic mass is 9.43. The van der Waals surface area contributed by atoms with E-state index in [9.17, 15) is 33.6 Å². The van der Waals surface area contributed by atoms with E-state index in [2.05, 4.69) is 41.5 Å². The molecular formula is C66H94O7. The highest BCUT2D eigenvalue weighted by molar-refractivity contribution is 5.93. The fraction of sp³-hybridized carbons (Fsp3) is 0.803. The van der Waals surface area contributed by atoms with Gasteiger partial charge in [0.1, 0.15) is 23.1 Å². The van der Waals surface area contributed by atoms with Gasteiger partial charge in [0.15, 0.2) is 17.3 Å². The number of fused-ring (bicyclic) bond motifs is 15. The van der Waals surface area contributed by atoms with Crippen LogP contribution >= 0.6 is 0 Å². The fourth-order valence-electron chi connectivity index (χ4n) is 22.6. The number of Topliss-reactive ketones (excluding diaryl/α,β-unsaturated/α-hetero) is 4. The first kappa shape index (κ1) is 53.3. The molecular weight excluding hydrogens is 905 g/mol. The Kier molecular flexibility index (Phi) is 14.0. The molecule has 9 fully saturated rings.